The van der Waals surface area contributed by atoms with Crippen molar-refractivity contribution in [3.05, 3.63) is 66.1 Å². The van der Waals surface area contributed by atoms with Gasteiger partial charge >= 0.3 is 0 Å². The van der Waals surface area contributed by atoms with Crippen molar-refractivity contribution in [3.8, 4) is 0 Å². The molecule has 0 N–H and O–H groups in total. The monoisotopic (exact) mass is 374 g/mol. The fourth-order valence-electron chi connectivity index (χ4n) is 2.52. The molecule has 6 nitrogen and oxygen atoms in total. The first-order valence-corrected chi connectivity index (χ1v) is 8.97. The van der Waals surface area contributed by atoms with Crippen molar-refractivity contribution < 1.29 is 13.6 Å². The first-order chi connectivity index (χ1) is 12.5. The summed E-state index contributed by atoms with van der Waals surface area (Å²) in [5.74, 6) is 0.414. The Hall–Kier alpha value is -2.61. The molecule has 1 amide bonds. The van der Waals surface area contributed by atoms with E-state index in [1.165, 1.54) is 23.9 Å². The van der Waals surface area contributed by atoms with Crippen LogP contribution in [0.3, 0.4) is 0 Å². The molecule has 8 heteroatoms. The number of aromatic nitrogens is 3. The van der Waals surface area contributed by atoms with Gasteiger partial charge in [0.05, 0.1) is 18.1 Å². The minimum atomic E-state index is -0.354. The number of nitrogens with zero attached hydrogens (tertiary/aromatic N) is 4. The van der Waals surface area contributed by atoms with Gasteiger partial charge in [0.1, 0.15) is 17.9 Å². The van der Waals surface area contributed by atoms with Gasteiger partial charge in [-0.25, -0.2) is 4.39 Å². The number of hydrogen-bond acceptors (Lipinski definition) is 5. The van der Waals surface area contributed by atoms with E-state index in [9.17, 15) is 9.18 Å². The number of furan rings is 1. The second-order valence-corrected chi connectivity index (χ2v) is 7.21. The molecule has 0 aliphatic rings. The lowest BCUT2D eigenvalue weighted by atomic mass is 10.2. The molecule has 136 valence electrons. The average molecular weight is 374 g/mol. The molecule has 3 aromatic rings. The fourth-order valence-corrected chi connectivity index (χ4v) is 3.46. The van der Waals surface area contributed by atoms with Crippen molar-refractivity contribution in [3.63, 3.8) is 0 Å². The lowest BCUT2D eigenvalue weighted by Crippen LogP contribution is -2.33. The number of amides is 1. The molecule has 1 unspecified atom stereocenters. The van der Waals surface area contributed by atoms with Crippen LogP contribution in [0.5, 0.6) is 0 Å². The zero-order valence-corrected chi connectivity index (χ0v) is 15.3. The van der Waals surface area contributed by atoms with Gasteiger partial charge in [0.2, 0.25) is 5.91 Å². The Kier molecular flexibility index (Phi) is 5.72. The molecule has 26 heavy (non-hydrogen) atoms. The van der Waals surface area contributed by atoms with E-state index in [0.717, 1.165) is 11.3 Å². The number of hydrogen-bond donors (Lipinski definition) is 0. The standard InChI is InChI=1S/C18H19FN4O2S/c1-13(17(24)22(2)10-14-5-3-6-15(19)9-14)26-18-21-20-12-23(18)11-16-7-4-8-25-16/h3-9,12-13H,10-11H2,1-2H3. The molecule has 0 aliphatic carbocycles. The van der Waals surface area contributed by atoms with Gasteiger partial charge in [0.15, 0.2) is 5.16 Å². The lowest BCUT2D eigenvalue weighted by Gasteiger charge is -2.21. The minimum Gasteiger partial charge on any atom is -0.467 e. The van der Waals surface area contributed by atoms with Crippen molar-refractivity contribution in [2.45, 2.75) is 30.4 Å². The largest absolute Gasteiger partial charge is 0.467 e. The molecule has 2 heterocycles. The van der Waals surface area contributed by atoms with Crippen molar-refractivity contribution in [1.29, 1.82) is 0 Å². The van der Waals surface area contributed by atoms with E-state index in [2.05, 4.69) is 10.2 Å². The lowest BCUT2D eigenvalue weighted by molar-refractivity contribution is -0.129. The van der Waals surface area contributed by atoms with Gasteiger partial charge < -0.3 is 13.9 Å². The molecular formula is C18H19FN4O2S. The molecule has 0 saturated heterocycles. The van der Waals surface area contributed by atoms with Gasteiger partial charge in [-0.2, -0.15) is 0 Å². The summed E-state index contributed by atoms with van der Waals surface area (Å²) in [6.07, 6.45) is 3.22. The summed E-state index contributed by atoms with van der Waals surface area (Å²) in [5, 5.41) is 8.30. The second kappa shape index (κ2) is 8.18. The smallest absolute Gasteiger partial charge is 0.235 e. The number of benzene rings is 1. The van der Waals surface area contributed by atoms with Crippen LogP contribution < -0.4 is 0 Å². The highest BCUT2D eigenvalue weighted by Crippen LogP contribution is 2.23. The van der Waals surface area contributed by atoms with Gasteiger partial charge in [0.25, 0.3) is 0 Å². The number of rotatable bonds is 7. The summed E-state index contributed by atoms with van der Waals surface area (Å²) in [5.41, 5.74) is 0.749. The minimum absolute atomic E-state index is 0.0631. The third-order valence-corrected chi connectivity index (χ3v) is 4.88. The van der Waals surface area contributed by atoms with Gasteiger partial charge in [-0.1, -0.05) is 23.9 Å². The van der Waals surface area contributed by atoms with Crippen molar-refractivity contribution >= 4 is 17.7 Å². The van der Waals surface area contributed by atoms with E-state index in [1.807, 2.05) is 23.6 Å². The normalized spacial score (nSPS) is 12.1. The maximum atomic E-state index is 13.3. The van der Waals surface area contributed by atoms with Gasteiger partial charge in [0, 0.05) is 13.6 Å². The fraction of sp³-hybridized carbons (Fsp3) is 0.278. The first kappa shape index (κ1) is 18.2. The van der Waals surface area contributed by atoms with E-state index in [1.54, 1.807) is 36.7 Å². The molecule has 0 radical (unpaired) electrons. The van der Waals surface area contributed by atoms with E-state index >= 15 is 0 Å². The highest BCUT2D eigenvalue weighted by Gasteiger charge is 2.21. The zero-order valence-electron chi connectivity index (χ0n) is 14.5. The number of carbonyl (C=O) groups is 1. The molecule has 2 aromatic heterocycles. The molecule has 0 bridgehead atoms. The van der Waals surface area contributed by atoms with Crippen LogP contribution in [0, 0.1) is 5.82 Å². The van der Waals surface area contributed by atoms with Crippen LogP contribution in [0.2, 0.25) is 0 Å². The molecular weight excluding hydrogens is 355 g/mol. The predicted octanol–water partition coefficient (Wildman–Crippen LogP) is 3.20. The van der Waals surface area contributed by atoms with Crippen LogP contribution in [-0.4, -0.2) is 37.9 Å². The number of thioether (sulfide) groups is 1. The summed E-state index contributed by atoms with van der Waals surface area (Å²) in [4.78, 5) is 14.2. The molecule has 1 atom stereocenters. The molecule has 0 spiro atoms. The highest BCUT2D eigenvalue weighted by molar-refractivity contribution is 8.00. The van der Waals surface area contributed by atoms with E-state index in [-0.39, 0.29) is 17.0 Å². The zero-order chi connectivity index (χ0) is 18.5. The summed E-state index contributed by atoms with van der Waals surface area (Å²) in [7, 11) is 1.71. The van der Waals surface area contributed by atoms with Crippen LogP contribution in [-0.2, 0) is 17.9 Å². The third-order valence-electron chi connectivity index (χ3n) is 3.80. The summed E-state index contributed by atoms with van der Waals surface area (Å²) in [6, 6.07) is 9.94. The summed E-state index contributed by atoms with van der Waals surface area (Å²) >= 11 is 1.33. The highest BCUT2D eigenvalue weighted by atomic mass is 32.2. The van der Waals surface area contributed by atoms with Crippen LogP contribution >= 0.6 is 11.8 Å². The number of halogens is 1. The molecule has 3 rings (SSSR count). The van der Waals surface area contributed by atoms with Crippen molar-refractivity contribution in [2.24, 2.45) is 0 Å². The van der Waals surface area contributed by atoms with Crippen LogP contribution in [0.25, 0.3) is 0 Å². The van der Waals surface area contributed by atoms with Gasteiger partial charge in [-0.15, -0.1) is 10.2 Å². The summed E-state index contributed by atoms with van der Waals surface area (Å²) in [6.45, 7) is 2.67. The predicted molar refractivity (Wildman–Crippen MR) is 96.0 cm³/mol. The van der Waals surface area contributed by atoms with Crippen molar-refractivity contribution in [2.75, 3.05) is 7.05 Å². The Bertz CT molecular complexity index is 866. The van der Waals surface area contributed by atoms with E-state index < -0.39 is 0 Å². The van der Waals surface area contributed by atoms with Gasteiger partial charge in [-0.3, -0.25) is 4.79 Å². The summed E-state index contributed by atoms with van der Waals surface area (Å²) < 4.78 is 20.5. The third kappa shape index (κ3) is 4.51. The maximum Gasteiger partial charge on any atom is 0.235 e. The number of carbonyl (C=O) groups excluding carboxylic acids is 1. The van der Waals surface area contributed by atoms with Crippen LogP contribution in [0.4, 0.5) is 4.39 Å². The Morgan fingerprint density at radius 3 is 2.96 bits per heavy atom. The second-order valence-electron chi connectivity index (χ2n) is 5.91. The Balaban J connectivity index is 1.61. The molecule has 0 saturated carbocycles. The maximum absolute atomic E-state index is 13.3. The van der Waals surface area contributed by atoms with Crippen LogP contribution in [0.1, 0.15) is 18.2 Å². The first-order valence-electron chi connectivity index (χ1n) is 8.09. The molecule has 0 aliphatic heterocycles. The molecule has 0 fully saturated rings. The van der Waals surface area contributed by atoms with E-state index in [4.69, 9.17) is 4.42 Å². The van der Waals surface area contributed by atoms with E-state index in [0.29, 0.717) is 18.2 Å². The SMILES string of the molecule is CC(Sc1nncn1Cc1ccco1)C(=O)N(C)Cc1cccc(F)c1. The average Bonchev–Trinajstić information content (AvgIpc) is 3.27. The molecule has 1 aromatic carbocycles. The van der Waals surface area contributed by atoms with Crippen LogP contribution in [0.15, 0.2) is 58.6 Å². The Morgan fingerprint density at radius 1 is 1.38 bits per heavy atom. The quantitative estimate of drug-likeness (QED) is 0.594. The van der Waals surface area contributed by atoms with Crippen molar-refractivity contribution in [1.82, 2.24) is 19.7 Å². The Labute approximate surface area is 155 Å². The van der Waals surface area contributed by atoms with Gasteiger partial charge in [-0.05, 0) is 36.8 Å². The Morgan fingerprint density at radius 2 is 2.23 bits per heavy atom. The topological polar surface area (TPSA) is 64.2 Å².